The molecule has 0 saturated carbocycles. The third-order valence-corrected chi connectivity index (χ3v) is 2.53. The largest absolute Gasteiger partial charge is 0.383 e. The van der Waals surface area contributed by atoms with Crippen molar-refractivity contribution in [1.82, 2.24) is 14.8 Å². The molecule has 2 aromatic heterocycles. The van der Waals surface area contributed by atoms with E-state index < -0.39 is 4.92 Å². The minimum Gasteiger partial charge on any atom is -0.383 e. The maximum Gasteiger partial charge on any atom is 0.311 e. The fourth-order valence-electron chi connectivity index (χ4n) is 1.57. The molecule has 2 heterocycles. The van der Waals surface area contributed by atoms with Gasteiger partial charge in [0.15, 0.2) is 0 Å². The summed E-state index contributed by atoms with van der Waals surface area (Å²) in [4.78, 5) is 14.0. The van der Waals surface area contributed by atoms with Crippen molar-refractivity contribution in [2.45, 2.75) is 6.54 Å². The van der Waals surface area contributed by atoms with Gasteiger partial charge < -0.3 is 15.8 Å². The Morgan fingerprint density at radius 1 is 1.55 bits per heavy atom. The minimum atomic E-state index is -0.575. The second-order valence-electron chi connectivity index (χ2n) is 3.97. The number of methoxy groups -OCH3 is 1. The first-order valence-corrected chi connectivity index (χ1v) is 5.79. The zero-order valence-corrected chi connectivity index (χ0v) is 10.8. The second-order valence-corrected chi connectivity index (χ2v) is 3.97. The van der Waals surface area contributed by atoms with Gasteiger partial charge in [0.2, 0.25) is 5.82 Å². The zero-order chi connectivity index (χ0) is 14.5. The highest BCUT2D eigenvalue weighted by Gasteiger charge is 2.13. The summed E-state index contributed by atoms with van der Waals surface area (Å²) in [6, 6.07) is 2.79. The van der Waals surface area contributed by atoms with E-state index in [9.17, 15) is 10.1 Å². The van der Waals surface area contributed by atoms with Crippen molar-refractivity contribution in [2.75, 3.05) is 24.8 Å². The summed E-state index contributed by atoms with van der Waals surface area (Å²) in [5.41, 5.74) is 6.01. The van der Waals surface area contributed by atoms with E-state index in [0.29, 0.717) is 24.7 Å². The first kappa shape index (κ1) is 13.7. The Morgan fingerprint density at radius 2 is 2.35 bits per heavy atom. The lowest BCUT2D eigenvalue weighted by Gasteiger charge is -2.03. The monoisotopic (exact) mass is 278 g/mol. The molecule has 0 spiro atoms. The number of anilines is 3. The summed E-state index contributed by atoms with van der Waals surface area (Å²) < 4.78 is 6.66. The van der Waals surface area contributed by atoms with Crippen LogP contribution in [0.1, 0.15) is 0 Å². The third-order valence-electron chi connectivity index (χ3n) is 2.53. The molecular formula is C11H14N6O3. The van der Waals surface area contributed by atoms with E-state index in [1.54, 1.807) is 24.2 Å². The lowest BCUT2D eigenvalue weighted by atomic mass is 10.3. The molecule has 0 unspecified atom stereocenters. The van der Waals surface area contributed by atoms with Crippen LogP contribution in [0.3, 0.4) is 0 Å². The van der Waals surface area contributed by atoms with Gasteiger partial charge in [-0.1, -0.05) is 0 Å². The highest BCUT2D eigenvalue weighted by atomic mass is 16.6. The van der Waals surface area contributed by atoms with Crippen LogP contribution >= 0.6 is 0 Å². The van der Waals surface area contributed by atoms with Gasteiger partial charge in [0, 0.05) is 19.4 Å². The number of nitrogens with two attached hydrogens (primary N) is 1. The van der Waals surface area contributed by atoms with Crippen LogP contribution in [0, 0.1) is 10.1 Å². The predicted octanol–water partition coefficient (Wildman–Crippen LogP) is 1.16. The van der Waals surface area contributed by atoms with E-state index in [2.05, 4.69) is 15.4 Å². The number of aromatic nitrogens is 3. The van der Waals surface area contributed by atoms with Crippen molar-refractivity contribution in [2.24, 2.45) is 0 Å². The summed E-state index contributed by atoms with van der Waals surface area (Å²) in [6.07, 6.45) is 3.40. The van der Waals surface area contributed by atoms with Crippen molar-refractivity contribution < 1.29 is 9.66 Å². The van der Waals surface area contributed by atoms with E-state index in [-0.39, 0.29) is 11.5 Å². The van der Waals surface area contributed by atoms with Gasteiger partial charge in [0.05, 0.1) is 30.0 Å². The van der Waals surface area contributed by atoms with E-state index in [4.69, 9.17) is 10.5 Å². The van der Waals surface area contributed by atoms with Gasteiger partial charge in [0.1, 0.15) is 5.82 Å². The number of nitro groups is 1. The van der Waals surface area contributed by atoms with Gasteiger partial charge in [-0.2, -0.15) is 5.10 Å². The number of rotatable bonds is 6. The average Bonchev–Trinajstić information content (AvgIpc) is 2.83. The number of nitrogen functional groups attached to an aromatic ring is 1. The van der Waals surface area contributed by atoms with Crippen molar-refractivity contribution in [3.05, 3.63) is 34.6 Å². The number of hydrogen-bond acceptors (Lipinski definition) is 7. The van der Waals surface area contributed by atoms with Crippen LogP contribution in [0.5, 0.6) is 0 Å². The van der Waals surface area contributed by atoms with E-state index in [1.165, 1.54) is 12.1 Å². The molecule has 9 heteroatoms. The van der Waals surface area contributed by atoms with Crippen LogP contribution in [0.15, 0.2) is 24.5 Å². The molecule has 3 N–H and O–H groups in total. The average molecular weight is 278 g/mol. The lowest BCUT2D eigenvalue weighted by molar-refractivity contribution is -0.384. The lowest BCUT2D eigenvalue weighted by Crippen LogP contribution is -2.04. The van der Waals surface area contributed by atoms with Crippen molar-refractivity contribution in [3.63, 3.8) is 0 Å². The molecule has 0 fully saturated rings. The topological polar surface area (TPSA) is 121 Å². The molecule has 0 saturated heterocycles. The highest BCUT2D eigenvalue weighted by molar-refractivity contribution is 5.61. The molecule has 2 rings (SSSR count). The maximum absolute atomic E-state index is 10.6. The van der Waals surface area contributed by atoms with Crippen LogP contribution in [0.4, 0.5) is 23.0 Å². The molecule has 0 amide bonds. The number of hydrogen-bond donors (Lipinski definition) is 2. The SMILES string of the molecule is COCCn1cc(Nc2ccc([N+](=O)[O-])c(N)n2)cn1. The molecule has 9 nitrogen and oxygen atoms in total. The van der Waals surface area contributed by atoms with Gasteiger partial charge in [-0.25, -0.2) is 4.98 Å². The van der Waals surface area contributed by atoms with Gasteiger partial charge in [0.25, 0.3) is 0 Å². The Bertz CT molecular complexity index is 612. The van der Waals surface area contributed by atoms with Gasteiger partial charge in [-0.3, -0.25) is 14.8 Å². The first-order chi connectivity index (χ1) is 9.60. The third kappa shape index (κ3) is 3.20. The molecule has 0 bridgehead atoms. The summed E-state index contributed by atoms with van der Waals surface area (Å²) >= 11 is 0. The number of nitrogens with zero attached hydrogens (tertiary/aromatic N) is 4. The summed E-state index contributed by atoms with van der Waals surface area (Å²) in [5, 5.41) is 17.7. The molecular weight excluding hydrogens is 264 g/mol. The molecule has 2 aromatic rings. The molecule has 20 heavy (non-hydrogen) atoms. The second kappa shape index (κ2) is 5.97. The standard InChI is InChI=1S/C11H14N6O3/c1-20-5-4-16-7-8(6-13-16)14-10-3-2-9(17(18)19)11(12)15-10/h2-3,6-7H,4-5H2,1H3,(H3,12,14,15). The summed E-state index contributed by atoms with van der Waals surface area (Å²) in [6.45, 7) is 1.19. The Balaban J connectivity index is 2.08. The fraction of sp³-hybridized carbons (Fsp3) is 0.273. The van der Waals surface area contributed by atoms with Crippen LogP contribution in [0.2, 0.25) is 0 Å². The van der Waals surface area contributed by atoms with E-state index >= 15 is 0 Å². The molecule has 0 radical (unpaired) electrons. The highest BCUT2D eigenvalue weighted by Crippen LogP contribution is 2.22. The predicted molar refractivity (Wildman–Crippen MR) is 72.7 cm³/mol. The Labute approximate surface area is 114 Å². The van der Waals surface area contributed by atoms with Crippen LogP contribution < -0.4 is 11.1 Å². The van der Waals surface area contributed by atoms with Gasteiger partial charge >= 0.3 is 5.69 Å². The summed E-state index contributed by atoms with van der Waals surface area (Å²) in [5.74, 6) is 0.283. The normalized spacial score (nSPS) is 10.4. The number of pyridine rings is 1. The summed E-state index contributed by atoms with van der Waals surface area (Å²) in [7, 11) is 1.62. The van der Waals surface area contributed by atoms with Crippen LogP contribution in [-0.4, -0.2) is 33.4 Å². The van der Waals surface area contributed by atoms with E-state index in [0.717, 1.165) is 0 Å². The first-order valence-electron chi connectivity index (χ1n) is 5.79. The van der Waals surface area contributed by atoms with Crippen molar-refractivity contribution >= 4 is 23.0 Å². The smallest absolute Gasteiger partial charge is 0.311 e. The zero-order valence-electron chi connectivity index (χ0n) is 10.8. The molecule has 106 valence electrons. The molecule has 0 aliphatic carbocycles. The van der Waals surface area contributed by atoms with Crippen LogP contribution in [-0.2, 0) is 11.3 Å². The molecule has 0 atom stereocenters. The quantitative estimate of drug-likeness (QED) is 0.600. The van der Waals surface area contributed by atoms with E-state index in [1.807, 2.05) is 0 Å². The van der Waals surface area contributed by atoms with Gasteiger partial charge in [-0.15, -0.1) is 0 Å². The van der Waals surface area contributed by atoms with Crippen molar-refractivity contribution in [3.8, 4) is 0 Å². The van der Waals surface area contributed by atoms with Crippen molar-refractivity contribution in [1.29, 1.82) is 0 Å². The van der Waals surface area contributed by atoms with Gasteiger partial charge in [-0.05, 0) is 6.07 Å². The fourth-order valence-corrected chi connectivity index (χ4v) is 1.57. The Hall–Kier alpha value is -2.68. The minimum absolute atomic E-state index is 0.133. The molecule has 0 aliphatic rings. The number of nitrogens with one attached hydrogen (secondary N) is 1. The molecule has 0 aliphatic heterocycles. The maximum atomic E-state index is 10.6. The van der Waals surface area contributed by atoms with Crippen LogP contribution in [0.25, 0.3) is 0 Å². The Morgan fingerprint density at radius 3 is 3.00 bits per heavy atom. The Kier molecular flexibility index (Phi) is 4.11. The number of ether oxygens (including phenoxy) is 1. The molecule has 0 aromatic carbocycles.